The molecular weight excluding hydrogens is 342 g/mol. The Kier molecular flexibility index (Phi) is 8.61. The average Bonchev–Trinajstić information content (AvgIpc) is 3.14. The first kappa shape index (κ1) is 21.3. The maximum Gasteiger partial charge on any atom is 0.224 e. The number of hydrogen-bond acceptors (Lipinski definition) is 4. The SMILES string of the molecule is CCC(CC)c1cc(CNC(=NC)NCCC(=O)N2CCCC(C)C2)on1. The van der Waals surface area contributed by atoms with Gasteiger partial charge in [-0.05, 0) is 31.6 Å². The van der Waals surface area contributed by atoms with Crippen LogP contribution in [0.15, 0.2) is 15.6 Å². The van der Waals surface area contributed by atoms with Crippen LogP contribution in [0.2, 0.25) is 0 Å². The van der Waals surface area contributed by atoms with Gasteiger partial charge in [0.1, 0.15) is 0 Å². The van der Waals surface area contributed by atoms with Crippen LogP contribution in [-0.4, -0.2) is 48.6 Å². The molecule has 2 heterocycles. The summed E-state index contributed by atoms with van der Waals surface area (Å²) in [6, 6.07) is 2.01. The number of carbonyl (C=O) groups is 1. The normalized spacial score (nSPS) is 18.0. The standard InChI is InChI=1S/C20H35N5O2/c1-5-16(6-2)18-12-17(27-24-18)13-23-20(21-4)22-10-9-19(26)25-11-7-8-15(3)14-25/h12,15-16H,5-11,13-14H2,1-4H3,(H2,21,22,23). The van der Waals surface area contributed by atoms with Crippen LogP contribution in [0.3, 0.4) is 0 Å². The van der Waals surface area contributed by atoms with Gasteiger partial charge < -0.3 is 20.1 Å². The van der Waals surface area contributed by atoms with Crippen molar-refractivity contribution in [3.05, 3.63) is 17.5 Å². The van der Waals surface area contributed by atoms with E-state index >= 15 is 0 Å². The van der Waals surface area contributed by atoms with E-state index in [-0.39, 0.29) is 5.91 Å². The largest absolute Gasteiger partial charge is 0.359 e. The molecule has 27 heavy (non-hydrogen) atoms. The van der Waals surface area contributed by atoms with Crippen molar-refractivity contribution >= 4 is 11.9 Å². The Balaban J connectivity index is 1.72. The summed E-state index contributed by atoms with van der Waals surface area (Å²) >= 11 is 0. The zero-order valence-electron chi connectivity index (χ0n) is 17.3. The highest BCUT2D eigenvalue weighted by molar-refractivity contribution is 5.81. The van der Waals surface area contributed by atoms with Gasteiger partial charge in [0.2, 0.25) is 5.91 Å². The van der Waals surface area contributed by atoms with Crippen molar-refractivity contribution in [1.29, 1.82) is 0 Å². The fraction of sp³-hybridized carbons (Fsp3) is 0.750. The van der Waals surface area contributed by atoms with Crippen LogP contribution in [0.5, 0.6) is 0 Å². The van der Waals surface area contributed by atoms with Crippen LogP contribution in [-0.2, 0) is 11.3 Å². The second kappa shape index (κ2) is 10.9. The molecule has 1 amide bonds. The van der Waals surface area contributed by atoms with Gasteiger partial charge in [0.15, 0.2) is 11.7 Å². The molecule has 0 saturated carbocycles. The summed E-state index contributed by atoms with van der Waals surface area (Å²) in [6.07, 6.45) is 4.93. The predicted molar refractivity (Wildman–Crippen MR) is 108 cm³/mol. The number of aliphatic imine (C=N–C) groups is 1. The molecule has 1 aromatic heterocycles. The molecule has 1 unspecified atom stereocenters. The number of rotatable bonds is 8. The van der Waals surface area contributed by atoms with E-state index in [1.165, 1.54) is 6.42 Å². The van der Waals surface area contributed by atoms with Gasteiger partial charge in [0.25, 0.3) is 0 Å². The molecular formula is C20H35N5O2. The van der Waals surface area contributed by atoms with Crippen LogP contribution < -0.4 is 10.6 Å². The number of amides is 1. The van der Waals surface area contributed by atoms with Crippen LogP contribution in [0.1, 0.15) is 70.2 Å². The molecule has 2 rings (SSSR count). The Hall–Kier alpha value is -2.05. The zero-order chi connectivity index (χ0) is 19.6. The van der Waals surface area contributed by atoms with E-state index in [0.717, 1.165) is 43.8 Å². The lowest BCUT2D eigenvalue weighted by Crippen LogP contribution is -2.42. The topological polar surface area (TPSA) is 82.8 Å². The molecule has 1 atom stereocenters. The smallest absolute Gasteiger partial charge is 0.224 e. The Morgan fingerprint density at radius 1 is 1.41 bits per heavy atom. The third-order valence-corrected chi connectivity index (χ3v) is 5.28. The highest BCUT2D eigenvalue weighted by atomic mass is 16.5. The molecule has 1 aromatic rings. The first-order valence-corrected chi connectivity index (χ1v) is 10.2. The van der Waals surface area contributed by atoms with E-state index < -0.39 is 0 Å². The molecule has 7 nitrogen and oxygen atoms in total. The van der Waals surface area contributed by atoms with Crippen LogP contribution >= 0.6 is 0 Å². The summed E-state index contributed by atoms with van der Waals surface area (Å²) in [4.78, 5) is 18.5. The van der Waals surface area contributed by atoms with E-state index in [9.17, 15) is 4.79 Å². The summed E-state index contributed by atoms with van der Waals surface area (Å²) in [5.74, 6) is 2.73. The van der Waals surface area contributed by atoms with Gasteiger partial charge in [-0.15, -0.1) is 0 Å². The summed E-state index contributed by atoms with van der Waals surface area (Å²) in [7, 11) is 1.72. The zero-order valence-corrected chi connectivity index (χ0v) is 17.3. The molecule has 0 aliphatic carbocycles. The lowest BCUT2D eigenvalue weighted by Gasteiger charge is -2.31. The van der Waals surface area contributed by atoms with Crippen molar-refractivity contribution in [2.75, 3.05) is 26.7 Å². The van der Waals surface area contributed by atoms with Crippen LogP contribution in [0.4, 0.5) is 0 Å². The molecule has 152 valence electrons. The second-order valence-corrected chi connectivity index (χ2v) is 7.42. The average molecular weight is 378 g/mol. The molecule has 0 aromatic carbocycles. The number of guanidine groups is 1. The minimum absolute atomic E-state index is 0.217. The van der Waals surface area contributed by atoms with Crippen molar-refractivity contribution < 1.29 is 9.32 Å². The molecule has 1 saturated heterocycles. The minimum atomic E-state index is 0.217. The second-order valence-electron chi connectivity index (χ2n) is 7.42. The summed E-state index contributed by atoms with van der Waals surface area (Å²) in [6.45, 7) is 9.40. The third-order valence-electron chi connectivity index (χ3n) is 5.28. The van der Waals surface area contributed by atoms with E-state index in [4.69, 9.17) is 4.52 Å². The Labute approximate surface area is 163 Å². The molecule has 1 aliphatic rings. The summed E-state index contributed by atoms with van der Waals surface area (Å²) in [5, 5.41) is 10.6. The number of nitrogens with zero attached hydrogens (tertiary/aromatic N) is 3. The van der Waals surface area contributed by atoms with Crippen molar-refractivity contribution in [3.8, 4) is 0 Å². The highest BCUT2D eigenvalue weighted by Crippen LogP contribution is 2.22. The van der Waals surface area contributed by atoms with Crippen molar-refractivity contribution in [2.45, 2.75) is 65.3 Å². The van der Waals surface area contributed by atoms with Crippen molar-refractivity contribution in [3.63, 3.8) is 0 Å². The fourth-order valence-corrected chi connectivity index (χ4v) is 3.56. The van der Waals surface area contributed by atoms with Gasteiger partial charge in [0.05, 0.1) is 12.2 Å². The fourth-order valence-electron chi connectivity index (χ4n) is 3.56. The maximum atomic E-state index is 12.3. The molecule has 0 radical (unpaired) electrons. The Bertz CT molecular complexity index is 609. The number of piperidine rings is 1. The van der Waals surface area contributed by atoms with Gasteiger partial charge in [-0.1, -0.05) is 25.9 Å². The lowest BCUT2D eigenvalue weighted by molar-refractivity contribution is -0.132. The molecule has 1 fully saturated rings. The Morgan fingerprint density at radius 2 is 2.19 bits per heavy atom. The molecule has 7 heteroatoms. The molecule has 0 spiro atoms. The number of hydrogen-bond donors (Lipinski definition) is 2. The molecule has 1 aliphatic heterocycles. The third kappa shape index (κ3) is 6.56. The van der Waals surface area contributed by atoms with Gasteiger partial charge in [0, 0.05) is 45.1 Å². The molecule has 2 N–H and O–H groups in total. The van der Waals surface area contributed by atoms with Gasteiger partial charge in [-0.3, -0.25) is 9.79 Å². The maximum absolute atomic E-state index is 12.3. The summed E-state index contributed by atoms with van der Waals surface area (Å²) in [5.41, 5.74) is 1.01. The van der Waals surface area contributed by atoms with Gasteiger partial charge >= 0.3 is 0 Å². The first-order valence-electron chi connectivity index (χ1n) is 10.2. The summed E-state index contributed by atoms with van der Waals surface area (Å²) < 4.78 is 5.42. The number of aromatic nitrogens is 1. The lowest BCUT2D eigenvalue weighted by atomic mass is 9.99. The van der Waals surface area contributed by atoms with Gasteiger partial charge in [-0.2, -0.15) is 0 Å². The predicted octanol–water partition coefficient (Wildman–Crippen LogP) is 2.89. The minimum Gasteiger partial charge on any atom is -0.359 e. The van der Waals surface area contributed by atoms with Crippen molar-refractivity contribution in [2.24, 2.45) is 10.9 Å². The van der Waals surface area contributed by atoms with E-state index in [1.54, 1.807) is 7.05 Å². The first-order chi connectivity index (χ1) is 13.1. The Morgan fingerprint density at radius 3 is 2.85 bits per heavy atom. The van der Waals surface area contributed by atoms with Crippen molar-refractivity contribution in [1.82, 2.24) is 20.7 Å². The monoisotopic (exact) mass is 377 g/mol. The van der Waals surface area contributed by atoms with E-state index in [1.807, 2.05) is 11.0 Å². The van der Waals surface area contributed by atoms with Gasteiger partial charge in [-0.25, -0.2) is 0 Å². The van der Waals surface area contributed by atoms with E-state index in [0.29, 0.717) is 37.3 Å². The van der Waals surface area contributed by atoms with Crippen LogP contribution in [0, 0.1) is 5.92 Å². The van der Waals surface area contributed by atoms with Crippen LogP contribution in [0.25, 0.3) is 0 Å². The van der Waals surface area contributed by atoms with E-state index in [2.05, 4.69) is 41.6 Å². The highest BCUT2D eigenvalue weighted by Gasteiger charge is 2.20. The quantitative estimate of drug-likeness (QED) is 0.538. The number of carbonyl (C=O) groups excluding carboxylic acids is 1. The molecule has 0 bridgehead atoms. The number of likely N-dealkylation sites (tertiary alicyclic amines) is 1. The number of nitrogens with one attached hydrogen (secondary N) is 2.